The number of pyridine rings is 1. The Labute approximate surface area is 126 Å². The fourth-order valence-electron chi connectivity index (χ4n) is 3.73. The summed E-state index contributed by atoms with van der Waals surface area (Å²) >= 11 is 0. The molecule has 2 fully saturated rings. The van der Waals surface area contributed by atoms with Crippen molar-refractivity contribution in [1.82, 2.24) is 10.3 Å². The van der Waals surface area contributed by atoms with Crippen LogP contribution in [-0.4, -0.2) is 22.9 Å². The number of carbonyl (C=O) groups excluding carboxylic acids is 1. The van der Waals surface area contributed by atoms with Crippen LogP contribution in [0.15, 0.2) is 36.7 Å². The maximum atomic E-state index is 13.2. The van der Waals surface area contributed by atoms with Crippen LogP contribution in [0.2, 0.25) is 0 Å². The van der Waals surface area contributed by atoms with E-state index < -0.39 is 17.8 Å². The molecule has 0 aliphatic heterocycles. The summed E-state index contributed by atoms with van der Waals surface area (Å²) in [5.74, 6) is -3.61. The number of rotatable bonds is 3. The number of halogens is 2. The van der Waals surface area contributed by atoms with Gasteiger partial charge in [-0.3, -0.25) is 9.78 Å². The third-order valence-corrected chi connectivity index (χ3v) is 4.93. The average molecular weight is 302 g/mol. The summed E-state index contributed by atoms with van der Waals surface area (Å²) in [6.07, 6.45) is 4.55. The van der Waals surface area contributed by atoms with Crippen molar-refractivity contribution < 1.29 is 13.6 Å². The molecule has 1 heterocycles. The van der Waals surface area contributed by atoms with E-state index in [4.69, 9.17) is 0 Å². The van der Waals surface area contributed by atoms with Crippen LogP contribution >= 0.6 is 0 Å². The molecule has 1 aromatic heterocycles. The Bertz CT molecular complexity index is 727. The Morgan fingerprint density at radius 3 is 2.82 bits per heavy atom. The van der Waals surface area contributed by atoms with Gasteiger partial charge in [0.05, 0.1) is 6.42 Å². The van der Waals surface area contributed by atoms with Gasteiger partial charge in [-0.05, 0) is 29.9 Å². The standard InChI is InChI=1S/C17H16F2N2O/c18-17(19)14-7-12(8-15(14)17)21-16(22)6-10-2-1-3-11-9-20-5-4-13(10)11/h1-5,9,12,14-15H,6-8H2,(H,21,22). The summed E-state index contributed by atoms with van der Waals surface area (Å²) in [6.45, 7) is 0. The first-order valence-electron chi connectivity index (χ1n) is 7.54. The van der Waals surface area contributed by atoms with Gasteiger partial charge in [-0.2, -0.15) is 0 Å². The van der Waals surface area contributed by atoms with Gasteiger partial charge < -0.3 is 5.32 Å². The quantitative estimate of drug-likeness (QED) is 0.947. The minimum absolute atomic E-state index is 0.0982. The molecule has 1 aromatic carbocycles. The summed E-state index contributed by atoms with van der Waals surface area (Å²) in [4.78, 5) is 16.3. The van der Waals surface area contributed by atoms with Crippen molar-refractivity contribution in [3.63, 3.8) is 0 Å². The molecule has 3 nitrogen and oxygen atoms in total. The monoisotopic (exact) mass is 302 g/mol. The van der Waals surface area contributed by atoms with Crippen LogP contribution in [0.4, 0.5) is 8.78 Å². The number of nitrogens with one attached hydrogen (secondary N) is 1. The van der Waals surface area contributed by atoms with E-state index in [0.29, 0.717) is 12.8 Å². The third-order valence-electron chi connectivity index (χ3n) is 4.93. The number of nitrogens with zero attached hydrogens (tertiary/aromatic N) is 1. The second kappa shape index (κ2) is 4.73. The molecule has 2 atom stereocenters. The Morgan fingerprint density at radius 1 is 1.27 bits per heavy atom. The lowest BCUT2D eigenvalue weighted by Gasteiger charge is -2.16. The highest BCUT2D eigenvalue weighted by Gasteiger charge is 2.71. The number of amides is 1. The molecule has 5 heteroatoms. The van der Waals surface area contributed by atoms with Crippen LogP contribution in [0.1, 0.15) is 18.4 Å². The maximum Gasteiger partial charge on any atom is 0.254 e. The SMILES string of the molecule is O=C(Cc1cccc2cnccc12)NC1CC2C(C1)C2(F)F. The first kappa shape index (κ1) is 13.6. The number of benzene rings is 1. The zero-order valence-corrected chi connectivity index (χ0v) is 11.9. The fourth-order valence-corrected chi connectivity index (χ4v) is 3.73. The number of alkyl halides is 2. The third kappa shape index (κ3) is 2.16. The van der Waals surface area contributed by atoms with Crippen LogP contribution in [0.5, 0.6) is 0 Å². The lowest BCUT2D eigenvalue weighted by molar-refractivity contribution is -0.121. The average Bonchev–Trinajstić information content (AvgIpc) is 2.86. The van der Waals surface area contributed by atoms with E-state index in [1.54, 1.807) is 12.4 Å². The molecule has 0 spiro atoms. The predicted molar refractivity (Wildman–Crippen MR) is 78.5 cm³/mol. The van der Waals surface area contributed by atoms with E-state index in [2.05, 4.69) is 10.3 Å². The van der Waals surface area contributed by atoms with Gasteiger partial charge >= 0.3 is 0 Å². The van der Waals surface area contributed by atoms with Crippen molar-refractivity contribution in [2.24, 2.45) is 11.8 Å². The topological polar surface area (TPSA) is 42.0 Å². The number of fused-ring (bicyclic) bond motifs is 2. The minimum Gasteiger partial charge on any atom is -0.353 e. The summed E-state index contributed by atoms with van der Waals surface area (Å²) in [5.41, 5.74) is 0.936. The van der Waals surface area contributed by atoms with Gasteiger partial charge in [0, 0.05) is 35.7 Å². The zero-order valence-electron chi connectivity index (χ0n) is 11.9. The molecule has 22 heavy (non-hydrogen) atoms. The van der Waals surface area contributed by atoms with Crippen molar-refractivity contribution in [2.75, 3.05) is 0 Å². The van der Waals surface area contributed by atoms with Gasteiger partial charge in [-0.1, -0.05) is 18.2 Å². The van der Waals surface area contributed by atoms with Gasteiger partial charge in [-0.25, -0.2) is 8.78 Å². The smallest absolute Gasteiger partial charge is 0.254 e. The highest BCUT2D eigenvalue weighted by atomic mass is 19.3. The van der Waals surface area contributed by atoms with E-state index >= 15 is 0 Å². The van der Waals surface area contributed by atoms with Crippen LogP contribution < -0.4 is 5.32 Å². The van der Waals surface area contributed by atoms with Crippen molar-refractivity contribution >= 4 is 16.7 Å². The molecular formula is C17H16F2N2O. The van der Waals surface area contributed by atoms with Crippen LogP contribution in [0.3, 0.4) is 0 Å². The van der Waals surface area contributed by atoms with E-state index in [9.17, 15) is 13.6 Å². The zero-order chi connectivity index (χ0) is 15.3. The van der Waals surface area contributed by atoms with Crippen molar-refractivity contribution in [3.8, 4) is 0 Å². The molecule has 1 amide bonds. The van der Waals surface area contributed by atoms with E-state index in [-0.39, 0.29) is 18.4 Å². The fraction of sp³-hybridized carbons (Fsp3) is 0.412. The summed E-state index contributed by atoms with van der Waals surface area (Å²) < 4.78 is 26.3. The van der Waals surface area contributed by atoms with Gasteiger partial charge in [0.25, 0.3) is 5.92 Å². The molecule has 114 valence electrons. The second-order valence-corrected chi connectivity index (χ2v) is 6.31. The molecule has 4 rings (SSSR count). The highest BCUT2D eigenvalue weighted by Crippen LogP contribution is 2.63. The Hall–Kier alpha value is -2.04. The first-order valence-corrected chi connectivity index (χ1v) is 7.54. The molecule has 0 saturated heterocycles. The molecule has 2 aliphatic rings. The van der Waals surface area contributed by atoms with Crippen LogP contribution in [0, 0.1) is 11.8 Å². The molecule has 2 aromatic rings. The molecule has 1 N–H and O–H groups in total. The van der Waals surface area contributed by atoms with Gasteiger partial charge in [0.1, 0.15) is 0 Å². The van der Waals surface area contributed by atoms with Crippen molar-refractivity contribution in [3.05, 3.63) is 42.2 Å². The molecule has 0 radical (unpaired) electrons. The Kier molecular flexibility index (Phi) is 2.93. The maximum absolute atomic E-state index is 13.2. The van der Waals surface area contributed by atoms with Crippen LogP contribution in [0.25, 0.3) is 10.8 Å². The first-order chi connectivity index (χ1) is 10.6. The van der Waals surface area contributed by atoms with Gasteiger partial charge in [0.2, 0.25) is 5.91 Å². The summed E-state index contributed by atoms with van der Waals surface area (Å²) in [6, 6.07) is 7.57. The highest BCUT2D eigenvalue weighted by molar-refractivity contribution is 5.89. The molecule has 2 aliphatic carbocycles. The molecule has 2 saturated carbocycles. The van der Waals surface area contributed by atoms with Crippen molar-refractivity contribution in [1.29, 1.82) is 0 Å². The van der Waals surface area contributed by atoms with E-state index in [1.807, 2.05) is 24.3 Å². The second-order valence-electron chi connectivity index (χ2n) is 6.31. The van der Waals surface area contributed by atoms with E-state index in [1.165, 1.54) is 0 Å². The summed E-state index contributed by atoms with van der Waals surface area (Å²) in [5, 5.41) is 4.91. The largest absolute Gasteiger partial charge is 0.353 e. The molecule has 0 bridgehead atoms. The van der Waals surface area contributed by atoms with E-state index in [0.717, 1.165) is 16.3 Å². The molecular weight excluding hydrogens is 286 g/mol. The number of aromatic nitrogens is 1. The number of hydrogen-bond donors (Lipinski definition) is 1. The predicted octanol–water partition coefficient (Wildman–Crippen LogP) is 2.94. The number of carbonyl (C=O) groups is 1. The summed E-state index contributed by atoms with van der Waals surface area (Å²) in [7, 11) is 0. The number of hydrogen-bond acceptors (Lipinski definition) is 2. The normalized spacial score (nSPS) is 28.4. The lowest BCUT2D eigenvalue weighted by Crippen LogP contribution is -2.36. The Morgan fingerprint density at radius 2 is 2.05 bits per heavy atom. The van der Waals surface area contributed by atoms with Gasteiger partial charge in [-0.15, -0.1) is 0 Å². The van der Waals surface area contributed by atoms with Crippen LogP contribution in [-0.2, 0) is 11.2 Å². The molecule has 2 unspecified atom stereocenters. The minimum atomic E-state index is -2.48. The van der Waals surface area contributed by atoms with Crippen molar-refractivity contribution in [2.45, 2.75) is 31.2 Å². The Balaban J connectivity index is 1.42. The van der Waals surface area contributed by atoms with Gasteiger partial charge in [0.15, 0.2) is 0 Å². The lowest BCUT2D eigenvalue weighted by atomic mass is 10.0.